The molecule has 1 amide bonds. The standard InChI is InChI=1S/C20H17N5O3S/c1-28-15-9-7-14(8-10-15)25-18-16(11-21-25)19(27)24-20(23-18)29-12-17(26)22-13-5-3-2-4-6-13/h2-11H,12H2,1H3,(H,22,26)(H,23,24,27). The van der Waals surface area contributed by atoms with Gasteiger partial charge in [0.2, 0.25) is 5.91 Å². The molecule has 2 heterocycles. The maximum absolute atomic E-state index is 12.4. The van der Waals surface area contributed by atoms with Gasteiger partial charge >= 0.3 is 0 Å². The van der Waals surface area contributed by atoms with Gasteiger partial charge in [-0.15, -0.1) is 0 Å². The van der Waals surface area contributed by atoms with Crippen LogP contribution in [0.4, 0.5) is 5.69 Å². The number of hydrogen-bond donors (Lipinski definition) is 2. The zero-order valence-electron chi connectivity index (χ0n) is 15.5. The lowest BCUT2D eigenvalue weighted by Crippen LogP contribution is -2.15. The lowest BCUT2D eigenvalue weighted by Gasteiger charge is -2.06. The van der Waals surface area contributed by atoms with E-state index in [1.165, 1.54) is 6.20 Å². The van der Waals surface area contributed by atoms with Crippen LogP contribution in [0.15, 0.2) is 70.7 Å². The summed E-state index contributed by atoms with van der Waals surface area (Å²) in [6.07, 6.45) is 1.47. The zero-order chi connectivity index (χ0) is 20.2. The summed E-state index contributed by atoms with van der Waals surface area (Å²) in [5.41, 5.74) is 1.58. The van der Waals surface area contributed by atoms with Gasteiger partial charge in [-0.1, -0.05) is 30.0 Å². The van der Waals surface area contributed by atoms with E-state index < -0.39 is 0 Å². The average molecular weight is 407 g/mol. The number of carbonyl (C=O) groups is 1. The first-order chi connectivity index (χ1) is 14.1. The number of ether oxygens (including phenoxy) is 1. The smallest absolute Gasteiger partial charge is 0.262 e. The van der Waals surface area contributed by atoms with Crippen molar-refractivity contribution in [2.24, 2.45) is 0 Å². The number of rotatable bonds is 6. The number of nitrogens with one attached hydrogen (secondary N) is 2. The molecule has 9 heteroatoms. The number of aromatic amines is 1. The predicted octanol–water partition coefficient (Wildman–Crippen LogP) is 2.85. The molecule has 29 heavy (non-hydrogen) atoms. The van der Waals surface area contributed by atoms with Gasteiger partial charge in [0.1, 0.15) is 11.1 Å². The molecule has 0 spiro atoms. The number of para-hydroxylation sites is 1. The number of anilines is 1. The summed E-state index contributed by atoms with van der Waals surface area (Å²) in [7, 11) is 1.59. The first-order valence-corrected chi connectivity index (χ1v) is 9.73. The Bertz CT molecular complexity index is 1200. The number of hydrogen-bond acceptors (Lipinski definition) is 6. The maximum atomic E-state index is 12.4. The van der Waals surface area contributed by atoms with E-state index in [4.69, 9.17) is 4.74 Å². The highest BCUT2D eigenvalue weighted by Gasteiger charge is 2.13. The number of carbonyl (C=O) groups excluding carboxylic acids is 1. The summed E-state index contributed by atoms with van der Waals surface area (Å²) in [6.45, 7) is 0. The third-order valence-corrected chi connectivity index (χ3v) is 5.00. The van der Waals surface area contributed by atoms with E-state index in [1.807, 2.05) is 42.5 Å². The van der Waals surface area contributed by atoms with Crippen LogP contribution in [0, 0.1) is 0 Å². The average Bonchev–Trinajstić information content (AvgIpc) is 3.18. The molecule has 4 rings (SSSR count). The van der Waals surface area contributed by atoms with Crippen LogP contribution in [0.3, 0.4) is 0 Å². The van der Waals surface area contributed by atoms with Crippen LogP contribution in [-0.2, 0) is 4.79 Å². The molecule has 0 aliphatic rings. The minimum Gasteiger partial charge on any atom is -0.497 e. The van der Waals surface area contributed by atoms with Crippen molar-refractivity contribution in [1.82, 2.24) is 19.7 Å². The van der Waals surface area contributed by atoms with E-state index in [1.54, 1.807) is 23.9 Å². The first-order valence-electron chi connectivity index (χ1n) is 8.74. The normalized spacial score (nSPS) is 10.8. The molecule has 0 unspecified atom stereocenters. The summed E-state index contributed by atoms with van der Waals surface area (Å²) >= 11 is 1.15. The van der Waals surface area contributed by atoms with Crippen LogP contribution >= 0.6 is 11.8 Å². The number of thioether (sulfide) groups is 1. The van der Waals surface area contributed by atoms with Crippen LogP contribution in [0.1, 0.15) is 0 Å². The molecule has 0 fully saturated rings. The Balaban J connectivity index is 1.56. The number of aromatic nitrogens is 4. The molecule has 2 aromatic heterocycles. The van der Waals surface area contributed by atoms with Crippen LogP contribution < -0.4 is 15.6 Å². The van der Waals surface area contributed by atoms with Crippen LogP contribution in [0.25, 0.3) is 16.7 Å². The number of H-pyrrole nitrogens is 1. The van der Waals surface area contributed by atoms with Gasteiger partial charge in [0.25, 0.3) is 5.56 Å². The molecule has 0 saturated carbocycles. The number of methoxy groups -OCH3 is 1. The highest BCUT2D eigenvalue weighted by molar-refractivity contribution is 7.99. The van der Waals surface area contributed by atoms with Gasteiger partial charge in [-0.3, -0.25) is 9.59 Å². The Morgan fingerprint density at radius 1 is 1.17 bits per heavy atom. The van der Waals surface area contributed by atoms with Gasteiger partial charge in [-0.2, -0.15) is 5.10 Å². The van der Waals surface area contributed by atoms with E-state index in [-0.39, 0.29) is 17.2 Å². The molecular formula is C20H17N5O3S. The molecule has 0 atom stereocenters. The predicted molar refractivity (Wildman–Crippen MR) is 112 cm³/mol. The highest BCUT2D eigenvalue weighted by atomic mass is 32.2. The quantitative estimate of drug-likeness (QED) is 0.376. The van der Waals surface area contributed by atoms with E-state index in [9.17, 15) is 9.59 Å². The number of amides is 1. The first kappa shape index (κ1) is 18.8. The molecule has 0 radical (unpaired) electrons. The third kappa shape index (κ3) is 4.14. The maximum Gasteiger partial charge on any atom is 0.262 e. The van der Waals surface area contributed by atoms with Crippen LogP contribution in [0.2, 0.25) is 0 Å². The SMILES string of the molecule is COc1ccc(-n2ncc3c(=O)[nH]c(SCC(=O)Nc4ccccc4)nc32)cc1. The van der Waals surface area contributed by atoms with Gasteiger partial charge in [0.15, 0.2) is 10.8 Å². The van der Waals surface area contributed by atoms with Crippen molar-refractivity contribution in [2.75, 3.05) is 18.2 Å². The van der Waals surface area contributed by atoms with Crippen molar-refractivity contribution < 1.29 is 9.53 Å². The van der Waals surface area contributed by atoms with Gasteiger partial charge < -0.3 is 15.0 Å². The summed E-state index contributed by atoms with van der Waals surface area (Å²) in [5, 5.41) is 7.80. The monoisotopic (exact) mass is 407 g/mol. The Morgan fingerprint density at radius 3 is 2.66 bits per heavy atom. The largest absolute Gasteiger partial charge is 0.497 e. The molecule has 146 valence electrons. The number of nitrogens with zero attached hydrogens (tertiary/aromatic N) is 3. The minimum atomic E-state index is -0.305. The second-order valence-corrected chi connectivity index (χ2v) is 7.03. The van der Waals surface area contributed by atoms with Crippen molar-refractivity contribution in [3.63, 3.8) is 0 Å². The Morgan fingerprint density at radius 2 is 1.93 bits per heavy atom. The Kier molecular flexibility index (Phi) is 5.30. The van der Waals surface area contributed by atoms with Gasteiger partial charge in [0.05, 0.1) is 24.7 Å². The second-order valence-electron chi connectivity index (χ2n) is 6.07. The number of fused-ring (bicyclic) bond motifs is 1. The Hall–Kier alpha value is -3.59. The van der Waals surface area contributed by atoms with Crippen molar-refractivity contribution in [3.05, 3.63) is 71.1 Å². The lowest BCUT2D eigenvalue weighted by atomic mass is 10.3. The molecule has 0 bridgehead atoms. The van der Waals surface area contributed by atoms with Crippen molar-refractivity contribution in [3.8, 4) is 11.4 Å². The topological polar surface area (TPSA) is 102 Å². The van der Waals surface area contributed by atoms with E-state index in [2.05, 4.69) is 20.4 Å². The van der Waals surface area contributed by atoms with Crippen LogP contribution in [-0.4, -0.2) is 38.5 Å². The molecule has 2 N–H and O–H groups in total. The molecule has 2 aromatic carbocycles. The van der Waals surface area contributed by atoms with Crippen molar-refractivity contribution in [1.29, 1.82) is 0 Å². The summed E-state index contributed by atoms with van der Waals surface area (Å²) < 4.78 is 6.75. The van der Waals surface area contributed by atoms with Crippen molar-refractivity contribution in [2.45, 2.75) is 5.16 Å². The van der Waals surface area contributed by atoms with Gasteiger partial charge in [-0.05, 0) is 36.4 Å². The third-order valence-electron chi connectivity index (χ3n) is 4.13. The van der Waals surface area contributed by atoms with Gasteiger partial charge in [0, 0.05) is 5.69 Å². The fraction of sp³-hybridized carbons (Fsp3) is 0.100. The fourth-order valence-corrected chi connectivity index (χ4v) is 3.39. The minimum absolute atomic E-state index is 0.111. The molecule has 0 aliphatic heterocycles. The zero-order valence-corrected chi connectivity index (χ0v) is 16.3. The van der Waals surface area contributed by atoms with E-state index in [0.717, 1.165) is 23.2 Å². The van der Waals surface area contributed by atoms with Gasteiger partial charge in [-0.25, -0.2) is 9.67 Å². The van der Waals surface area contributed by atoms with Crippen molar-refractivity contribution >= 4 is 34.4 Å². The van der Waals surface area contributed by atoms with E-state index in [0.29, 0.717) is 21.9 Å². The summed E-state index contributed by atoms with van der Waals surface area (Å²) in [6, 6.07) is 16.4. The highest BCUT2D eigenvalue weighted by Crippen LogP contribution is 2.20. The molecule has 0 aliphatic carbocycles. The summed E-state index contributed by atoms with van der Waals surface area (Å²) in [4.78, 5) is 31.7. The van der Waals surface area contributed by atoms with Crippen LogP contribution in [0.5, 0.6) is 5.75 Å². The summed E-state index contributed by atoms with van der Waals surface area (Å²) in [5.74, 6) is 0.643. The molecule has 8 nitrogen and oxygen atoms in total. The lowest BCUT2D eigenvalue weighted by molar-refractivity contribution is -0.113. The molecule has 0 saturated heterocycles. The number of benzene rings is 2. The Labute approximate surface area is 169 Å². The molecular weight excluding hydrogens is 390 g/mol. The van der Waals surface area contributed by atoms with E-state index >= 15 is 0 Å². The molecule has 4 aromatic rings. The second kappa shape index (κ2) is 8.19. The fourth-order valence-electron chi connectivity index (χ4n) is 2.73.